The van der Waals surface area contributed by atoms with E-state index in [1.165, 1.54) is 0 Å². The Labute approximate surface area is 106 Å². The topological polar surface area (TPSA) is 82.8 Å². The van der Waals surface area contributed by atoms with Gasteiger partial charge in [0.25, 0.3) is 0 Å². The normalized spacial score (nSPS) is 15.5. The van der Waals surface area contributed by atoms with Gasteiger partial charge in [-0.25, -0.2) is 4.79 Å². The van der Waals surface area contributed by atoms with Crippen molar-refractivity contribution < 1.29 is 19.0 Å². The molecule has 0 aromatic rings. The summed E-state index contributed by atoms with van der Waals surface area (Å²) < 4.78 is 16.8. The number of ether oxygens (including phenoxy) is 3. The molecule has 3 N–H and O–H groups in total. The van der Waals surface area contributed by atoms with Gasteiger partial charge in [0, 0.05) is 19.8 Å². The van der Waals surface area contributed by atoms with Gasteiger partial charge in [-0.05, 0) is 27.7 Å². The Morgan fingerprint density at radius 3 is 1.88 bits per heavy atom. The number of carbonyl (C=O) groups is 1. The monoisotopic (exact) mass is 264 g/mol. The van der Waals surface area contributed by atoms with Crippen LogP contribution in [0.4, 0.5) is 4.79 Å². The summed E-state index contributed by atoms with van der Waals surface area (Å²) in [6.07, 6.45) is 0. The van der Waals surface area contributed by atoms with Crippen molar-refractivity contribution >= 4 is 16.3 Å². The van der Waals surface area contributed by atoms with Crippen LogP contribution in [0.15, 0.2) is 0 Å². The van der Waals surface area contributed by atoms with Gasteiger partial charge in [0.15, 0.2) is 5.35 Å². The fourth-order valence-electron chi connectivity index (χ4n) is 1.67. The highest BCUT2D eigenvalue weighted by Crippen LogP contribution is 2.26. The maximum Gasteiger partial charge on any atom is 0.314 e. The number of rotatable bonds is 8. The fourth-order valence-corrected chi connectivity index (χ4v) is 2.50. The van der Waals surface area contributed by atoms with Gasteiger partial charge in [-0.3, -0.25) is 0 Å². The van der Waals surface area contributed by atoms with Crippen molar-refractivity contribution in [2.24, 2.45) is 5.73 Å². The molecule has 1 unspecified atom stereocenters. The van der Waals surface area contributed by atoms with Crippen LogP contribution in [-0.4, -0.2) is 47.2 Å². The van der Waals surface area contributed by atoms with Crippen molar-refractivity contribution in [3.8, 4) is 0 Å². The Balaban J connectivity index is 5.11. The SMILES string of the molecule is CCOC([SiH3])(NC(N)=O)C(C)(OCC)OCC. The van der Waals surface area contributed by atoms with E-state index in [1.54, 1.807) is 6.92 Å². The second-order valence-electron chi connectivity index (χ2n) is 3.77. The number of urea groups is 1. The van der Waals surface area contributed by atoms with Crippen LogP contribution < -0.4 is 11.1 Å². The third kappa shape index (κ3) is 4.27. The molecule has 0 aromatic heterocycles. The number of amides is 2. The fraction of sp³-hybridized carbons (Fsp3) is 0.900. The van der Waals surface area contributed by atoms with E-state index in [2.05, 4.69) is 5.32 Å². The van der Waals surface area contributed by atoms with Gasteiger partial charge in [-0.1, -0.05) is 0 Å². The summed E-state index contributed by atoms with van der Waals surface area (Å²) in [5.74, 6) is -1.03. The molecular weight excluding hydrogens is 240 g/mol. The zero-order valence-electron chi connectivity index (χ0n) is 11.3. The van der Waals surface area contributed by atoms with Crippen LogP contribution in [-0.2, 0) is 14.2 Å². The number of nitrogens with two attached hydrogens (primary N) is 1. The van der Waals surface area contributed by atoms with E-state index in [4.69, 9.17) is 19.9 Å². The van der Waals surface area contributed by atoms with E-state index in [9.17, 15) is 4.79 Å². The molecule has 1 atom stereocenters. The zero-order chi connectivity index (χ0) is 13.5. The van der Waals surface area contributed by atoms with E-state index >= 15 is 0 Å². The van der Waals surface area contributed by atoms with E-state index in [0.717, 1.165) is 0 Å². The standard InChI is InChI=1S/C10H24N2O4Si/c1-5-14-9(4,15-6-2)10(17,16-7-3)12-8(11)13/h5-7H2,1-4,17H3,(H3,11,12,13). The van der Waals surface area contributed by atoms with E-state index in [-0.39, 0.29) is 0 Å². The van der Waals surface area contributed by atoms with Crippen molar-refractivity contribution in [1.82, 2.24) is 5.32 Å². The smallest absolute Gasteiger partial charge is 0.314 e. The molecule has 0 aromatic carbocycles. The minimum Gasteiger partial charge on any atom is -0.355 e. The predicted octanol–water partition coefficient (Wildman–Crippen LogP) is -0.500. The third-order valence-electron chi connectivity index (χ3n) is 2.50. The number of primary amides is 1. The number of carbonyl (C=O) groups excluding carboxylic acids is 1. The first-order valence-corrected chi connectivity index (χ1v) is 6.84. The average molecular weight is 264 g/mol. The summed E-state index contributed by atoms with van der Waals surface area (Å²) in [6, 6.07) is -0.654. The number of nitrogens with one attached hydrogen (secondary N) is 1. The Hall–Kier alpha value is -0.633. The highest BCUT2D eigenvalue weighted by molar-refractivity contribution is 6.16. The second kappa shape index (κ2) is 6.95. The first-order chi connectivity index (χ1) is 7.85. The summed E-state index contributed by atoms with van der Waals surface area (Å²) in [7, 11) is 0.478. The van der Waals surface area contributed by atoms with E-state index in [1.807, 2.05) is 20.8 Å². The quantitative estimate of drug-likeness (QED) is 0.457. The second-order valence-corrected chi connectivity index (χ2v) is 5.18. The predicted molar refractivity (Wildman–Crippen MR) is 68.7 cm³/mol. The Kier molecular flexibility index (Phi) is 6.69. The van der Waals surface area contributed by atoms with Crippen LogP contribution in [0.25, 0.3) is 0 Å². The van der Waals surface area contributed by atoms with E-state index < -0.39 is 17.2 Å². The largest absolute Gasteiger partial charge is 0.355 e. The summed E-state index contributed by atoms with van der Waals surface area (Å²) in [4.78, 5) is 11.1. The van der Waals surface area contributed by atoms with Gasteiger partial charge in [0.1, 0.15) is 0 Å². The van der Waals surface area contributed by atoms with Crippen molar-refractivity contribution in [2.75, 3.05) is 19.8 Å². The van der Waals surface area contributed by atoms with Crippen LogP contribution in [0.2, 0.25) is 0 Å². The van der Waals surface area contributed by atoms with Gasteiger partial charge >= 0.3 is 6.03 Å². The van der Waals surface area contributed by atoms with Crippen LogP contribution >= 0.6 is 0 Å². The molecule has 0 aliphatic carbocycles. The maximum atomic E-state index is 11.1. The minimum atomic E-state index is -1.03. The average Bonchev–Trinajstić information content (AvgIpc) is 2.17. The summed E-state index contributed by atoms with van der Waals surface area (Å²) in [6.45, 7) is 8.64. The van der Waals surface area contributed by atoms with Crippen LogP contribution in [0, 0.1) is 0 Å². The summed E-state index contributed by atoms with van der Waals surface area (Å²) in [5, 5.41) is 1.60. The molecule has 0 aliphatic heterocycles. The molecule has 0 heterocycles. The molecule has 0 spiro atoms. The lowest BCUT2D eigenvalue weighted by Gasteiger charge is -2.44. The summed E-state index contributed by atoms with van der Waals surface area (Å²) >= 11 is 0. The van der Waals surface area contributed by atoms with Crippen LogP contribution in [0.5, 0.6) is 0 Å². The first-order valence-electron chi connectivity index (χ1n) is 5.84. The molecule has 0 rings (SSSR count). The molecule has 0 bridgehead atoms. The van der Waals surface area contributed by atoms with Gasteiger partial charge in [-0.2, -0.15) is 0 Å². The molecule has 0 saturated heterocycles. The molecule has 0 fully saturated rings. The molecule has 17 heavy (non-hydrogen) atoms. The molecule has 6 nitrogen and oxygen atoms in total. The number of hydrogen-bond donors (Lipinski definition) is 2. The van der Waals surface area contributed by atoms with Crippen molar-refractivity contribution in [3.63, 3.8) is 0 Å². The van der Waals surface area contributed by atoms with Crippen molar-refractivity contribution in [1.29, 1.82) is 0 Å². The molecule has 0 aliphatic rings. The van der Waals surface area contributed by atoms with Gasteiger partial charge in [0.05, 0.1) is 10.2 Å². The van der Waals surface area contributed by atoms with Gasteiger partial charge in [0.2, 0.25) is 5.79 Å². The minimum absolute atomic E-state index is 0.430. The molecule has 102 valence electrons. The molecule has 0 saturated carbocycles. The van der Waals surface area contributed by atoms with Crippen LogP contribution in [0.3, 0.4) is 0 Å². The highest BCUT2D eigenvalue weighted by Gasteiger charge is 2.48. The highest BCUT2D eigenvalue weighted by atomic mass is 28.1. The number of hydrogen-bond acceptors (Lipinski definition) is 4. The first kappa shape index (κ1) is 16.4. The zero-order valence-corrected chi connectivity index (χ0v) is 13.3. The Bertz CT molecular complexity index is 246. The lowest BCUT2D eigenvalue weighted by Crippen LogP contribution is -2.68. The van der Waals surface area contributed by atoms with Gasteiger partial charge < -0.3 is 25.3 Å². The molecule has 2 amide bonds. The molecular formula is C10H24N2O4Si. The lowest BCUT2D eigenvalue weighted by atomic mass is 10.2. The molecule has 7 heteroatoms. The molecule has 0 radical (unpaired) electrons. The maximum absolute atomic E-state index is 11.1. The lowest BCUT2D eigenvalue weighted by molar-refractivity contribution is -0.298. The van der Waals surface area contributed by atoms with Crippen molar-refractivity contribution in [2.45, 2.75) is 38.8 Å². The summed E-state index contributed by atoms with van der Waals surface area (Å²) in [5.41, 5.74) is 5.18. The Morgan fingerprint density at radius 1 is 1.18 bits per heavy atom. The van der Waals surface area contributed by atoms with Gasteiger partial charge in [-0.15, -0.1) is 0 Å². The van der Waals surface area contributed by atoms with Crippen molar-refractivity contribution in [3.05, 3.63) is 0 Å². The Morgan fingerprint density at radius 2 is 1.59 bits per heavy atom. The van der Waals surface area contributed by atoms with Crippen LogP contribution in [0.1, 0.15) is 27.7 Å². The van der Waals surface area contributed by atoms with E-state index in [0.29, 0.717) is 30.1 Å². The third-order valence-corrected chi connectivity index (χ3v) is 3.95.